The van der Waals surface area contributed by atoms with Crippen molar-refractivity contribution in [3.8, 4) is 0 Å². The molecule has 0 rings (SSSR count). The number of allylic oxidation sites excluding steroid dienone is 9. The molecule has 1 nitrogen and oxygen atoms in total. The van der Waals surface area contributed by atoms with E-state index in [1.54, 1.807) is 19.9 Å². The number of aliphatic hydroxyl groups excluding tert-OH is 1. The molecule has 0 saturated carbocycles. The molecule has 0 aliphatic carbocycles. The highest BCUT2D eigenvalue weighted by Crippen LogP contribution is 2.26. The van der Waals surface area contributed by atoms with Crippen LogP contribution < -0.4 is 0 Å². The Bertz CT molecular complexity index is 468. The van der Waals surface area contributed by atoms with Crippen LogP contribution in [0.5, 0.6) is 0 Å². The summed E-state index contributed by atoms with van der Waals surface area (Å²) < 4.78 is 14.2. The molecular weight excluding hydrogens is 263 g/mol. The molecule has 0 aliphatic rings. The fourth-order valence-electron chi connectivity index (χ4n) is 1.87. The summed E-state index contributed by atoms with van der Waals surface area (Å²) in [4.78, 5) is 0. The third-order valence-electron chi connectivity index (χ3n) is 3.27. The van der Waals surface area contributed by atoms with Crippen LogP contribution in [0, 0.1) is 0 Å². The normalized spacial score (nSPS) is 16.0. The molecule has 0 saturated heterocycles. The first-order valence-corrected chi connectivity index (χ1v) is 7.42. The number of hydrogen-bond donors (Lipinski definition) is 1. The fourth-order valence-corrected chi connectivity index (χ4v) is 1.87. The predicted molar refractivity (Wildman–Crippen MR) is 91.1 cm³/mol. The molecule has 0 atom stereocenters. The zero-order valence-corrected chi connectivity index (χ0v) is 14.2. The average Bonchev–Trinajstić information content (AvgIpc) is 2.37. The maximum atomic E-state index is 14.2. The monoisotopic (exact) mass is 292 g/mol. The van der Waals surface area contributed by atoms with Crippen LogP contribution in [0.15, 0.2) is 58.7 Å². The van der Waals surface area contributed by atoms with E-state index in [0.717, 1.165) is 28.7 Å². The van der Waals surface area contributed by atoms with Gasteiger partial charge in [0.2, 0.25) is 0 Å². The van der Waals surface area contributed by atoms with E-state index < -0.39 is 5.67 Å². The van der Waals surface area contributed by atoms with Gasteiger partial charge in [0.15, 0.2) is 0 Å². The van der Waals surface area contributed by atoms with Crippen LogP contribution in [0.25, 0.3) is 0 Å². The Morgan fingerprint density at radius 3 is 2.14 bits per heavy atom. The van der Waals surface area contributed by atoms with Crippen molar-refractivity contribution in [2.45, 2.75) is 53.6 Å². The van der Waals surface area contributed by atoms with E-state index in [4.69, 9.17) is 5.11 Å². The van der Waals surface area contributed by atoms with Gasteiger partial charge in [0.25, 0.3) is 0 Å². The van der Waals surface area contributed by atoms with Gasteiger partial charge in [-0.3, -0.25) is 0 Å². The Morgan fingerprint density at radius 2 is 1.67 bits per heavy atom. The van der Waals surface area contributed by atoms with Crippen molar-refractivity contribution in [1.29, 1.82) is 0 Å². The SMILES string of the molecule is CC/C(C)=C(/C=C/C(C)=C/C=C/C(C)=C/CO)C(C)(C)F. The Balaban J connectivity index is 5.05. The van der Waals surface area contributed by atoms with E-state index in [2.05, 4.69) is 0 Å². The van der Waals surface area contributed by atoms with Gasteiger partial charge in [-0.15, -0.1) is 0 Å². The highest BCUT2D eigenvalue weighted by atomic mass is 19.1. The Hall–Kier alpha value is -1.41. The van der Waals surface area contributed by atoms with E-state index in [-0.39, 0.29) is 6.61 Å². The zero-order chi connectivity index (χ0) is 16.5. The van der Waals surface area contributed by atoms with Crippen molar-refractivity contribution < 1.29 is 9.50 Å². The van der Waals surface area contributed by atoms with Crippen molar-refractivity contribution in [2.24, 2.45) is 0 Å². The van der Waals surface area contributed by atoms with Crippen LogP contribution >= 0.6 is 0 Å². The lowest BCUT2D eigenvalue weighted by Crippen LogP contribution is -2.15. The van der Waals surface area contributed by atoms with E-state index in [1.165, 1.54) is 0 Å². The smallest absolute Gasteiger partial charge is 0.130 e. The van der Waals surface area contributed by atoms with Crippen molar-refractivity contribution in [2.75, 3.05) is 6.61 Å². The van der Waals surface area contributed by atoms with Crippen LogP contribution in [0.2, 0.25) is 0 Å². The number of halogens is 1. The molecule has 0 aromatic carbocycles. The molecular formula is C19H29FO. The topological polar surface area (TPSA) is 20.2 Å². The molecule has 0 aliphatic heterocycles. The van der Waals surface area contributed by atoms with Crippen LogP contribution in [-0.4, -0.2) is 17.4 Å². The number of rotatable bonds is 7. The van der Waals surface area contributed by atoms with Gasteiger partial charge in [-0.1, -0.05) is 60.1 Å². The van der Waals surface area contributed by atoms with Gasteiger partial charge in [-0.2, -0.15) is 0 Å². The molecule has 21 heavy (non-hydrogen) atoms. The molecule has 0 aromatic rings. The number of alkyl halides is 1. The molecule has 0 fully saturated rings. The van der Waals surface area contributed by atoms with Gasteiger partial charge < -0.3 is 5.11 Å². The van der Waals surface area contributed by atoms with Gasteiger partial charge in [-0.25, -0.2) is 4.39 Å². The molecule has 0 spiro atoms. The lowest BCUT2D eigenvalue weighted by Gasteiger charge is -2.19. The quantitative estimate of drug-likeness (QED) is 0.618. The first kappa shape index (κ1) is 19.6. The summed E-state index contributed by atoms with van der Waals surface area (Å²) in [6, 6.07) is 0. The summed E-state index contributed by atoms with van der Waals surface area (Å²) in [5.74, 6) is 0. The van der Waals surface area contributed by atoms with Gasteiger partial charge in [0.1, 0.15) is 5.67 Å². The summed E-state index contributed by atoms with van der Waals surface area (Å²) in [5, 5.41) is 8.76. The minimum atomic E-state index is -1.33. The van der Waals surface area contributed by atoms with Gasteiger partial charge in [0, 0.05) is 0 Å². The molecule has 0 heterocycles. The Labute approximate surface area is 129 Å². The fraction of sp³-hybridized carbons (Fsp3) is 0.474. The molecule has 118 valence electrons. The minimum Gasteiger partial charge on any atom is -0.392 e. The summed E-state index contributed by atoms with van der Waals surface area (Å²) in [6.07, 6.45) is 12.2. The van der Waals surface area contributed by atoms with E-state index in [0.29, 0.717) is 0 Å². The summed E-state index contributed by atoms with van der Waals surface area (Å²) in [5.41, 5.74) is 2.56. The van der Waals surface area contributed by atoms with Gasteiger partial charge in [0.05, 0.1) is 6.61 Å². The standard InChI is InChI=1S/C19H29FO/c1-7-17(4)18(19(5,6)20)12-11-15(2)9-8-10-16(3)13-14-21/h8-13,21H,7,14H2,1-6H3/b10-8+,12-11+,15-9+,16-13+,18-17-. The van der Waals surface area contributed by atoms with Crippen LogP contribution in [0.4, 0.5) is 4.39 Å². The minimum absolute atomic E-state index is 0.0504. The van der Waals surface area contributed by atoms with Crippen molar-refractivity contribution >= 4 is 0 Å². The molecule has 0 amide bonds. The summed E-state index contributed by atoms with van der Waals surface area (Å²) in [6.45, 7) is 11.2. The van der Waals surface area contributed by atoms with Gasteiger partial charge in [-0.05, 0) is 46.6 Å². The zero-order valence-electron chi connectivity index (χ0n) is 14.2. The highest BCUT2D eigenvalue weighted by Gasteiger charge is 2.21. The first-order chi connectivity index (χ1) is 9.72. The molecule has 0 bridgehead atoms. The lowest BCUT2D eigenvalue weighted by atomic mass is 9.93. The summed E-state index contributed by atoms with van der Waals surface area (Å²) >= 11 is 0. The molecule has 0 aromatic heterocycles. The Kier molecular flexibility index (Phi) is 8.87. The van der Waals surface area contributed by atoms with Crippen LogP contribution in [0.1, 0.15) is 48.0 Å². The Morgan fingerprint density at radius 1 is 1.05 bits per heavy atom. The molecule has 0 radical (unpaired) electrons. The third-order valence-corrected chi connectivity index (χ3v) is 3.27. The van der Waals surface area contributed by atoms with E-state index in [1.807, 2.05) is 58.1 Å². The number of hydrogen-bond acceptors (Lipinski definition) is 1. The maximum absolute atomic E-state index is 14.2. The summed E-state index contributed by atoms with van der Waals surface area (Å²) in [7, 11) is 0. The second-order valence-electron chi connectivity index (χ2n) is 5.75. The second kappa shape index (κ2) is 9.51. The number of aliphatic hydroxyl groups is 1. The lowest BCUT2D eigenvalue weighted by molar-refractivity contribution is 0.272. The van der Waals surface area contributed by atoms with E-state index in [9.17, 15) is 4.39 Å². The van der Waals surface area contributed by atoms with Crippen molar-refractivity contribution in [3.63, 3.8) is 0 Å². The van der Waals surface area contributed by atoms with Crippen molar-refractivity contribution in [3.05, 3.63) is 58.7 Å². The largest absolute Gasteiger partial charge is 0.392 e. The average molecular weight is 292 g/mol. The van der Waals surface area contributed by atoms with Crippen LogP contribution in [0.3, 0.4) is 0 Å². The van der Waals surface area contributed by atoms with Crippen molar-refractivity contribution in [1.82, 2.24) is 0 Å². The van der Waals surface area contributed by atoms with Crippen LogP contribution in [-0.2, 0) is 0 Å². The molecule has 0 unspecified atom stereocenters. The molecule has 1 N–H and O–H groups in total. The van der Waals surface area contributed by atoms with Gasteiger partial charge >= 0.3 is 0 Å². The highest BCUT2D eigenvalue weighted by molar-refractivity contribution is 5.36. The third kappa shape index (κ3) is 8.46. The van der Waals surface area contributed by atoms with E-state index >= 15 is 0 Å². The maximum Gasteiger partial charge on any atom is 0.130 e. The molecule has 2 heteroatoms. The predicted octanol–water partition coefficient (Wildman–Crippen LogP) is 5.46. The second-order valence-corrected chi connectivity index (χ2v) is 5.75. The first-order valence-electron chi connectivity index (χ1n) is 7.42.